The molecule has 34 heavy (non-hydrogen) atoms. The summed E-state index contributed by atoms with van der Waals surface area (Å²) in [4.78, 5) is 29.3. The number of aromatic nitrogens is 2. The molecule has 0 aliphatic heterocycles. The zero-order valence-corrected chi connectivity index (χ0v) is 19.1. The molecule has 2 N–H and O–H groups in total. The molecule has 0 unspecified atom stereocenters. The minimum Gasteiger partial charge on any atom is -0.442 e. The standard InChI is InChI=1S/C23H21FN4O5S/c1-14-19(20-22(33-14)26-13-28(2)23(20)30)21(29)25-11-16-6-4-8-18(10-16)34(31,32)27-12-15-5-3-7-17(24)9-15/h3-10,13,27H,11-12H2,1-2H3,(H,25,29). The van der Waals surface area contributed by atoms with E-state index >= 15 is 0 Å². The number of sulfonamides is 1. The summed E-state index contributed by atoms with van der Waals surface area (Å²) < 4.78 is 47.8. The van der Waals surface area contributed by atoms with Crippen LogP contribution in [-0.2, 0) is 30.2 Å². The Morgan fingerprint density at radius 1 is 1.12 bits per heavy atom. The quantitative estimate of drug-likeness (QED) is 0.415. The van der Waals surface area contributed by atoms with Crippen LogP contribution in [0.1, 0.15) is 27.2 Å². The van der Waals surface area contributed by atoms with Gasteiger partial charge in [-0.2, -0.15) is 0 Å². The fourth-order valence-electron chi connectivity index (χ4n) is 3.46. The average Bonchev–Trinajstić information content (AvgIpc) is 3.15. The normalized spacial score (nSPS) is 11.6. The lowest BCUT2D eigenvalue weighted by molar-refractivity contribution is 0.0950. The number of fused-ring (bicyclic) bond motifs is 1. The predicted molar refractivity (Wildman–Crippen MR) is 122 cm³/mol. The number of benzene rings is 2. The fraction of sp³-hybridized carbons (Fsp3) is 0.174. The summed E-state index contributed by atoms with van der Waals surface area (Å²) in [5.41, 5.74) is 0.755. The van der Waals surface area contributed by atoms with Crippen LogP contribution in [0.15, 0.2) is 69.0 Å². The third-order valence-corrected chi connectivity index (χ3v) is 6.59. The van der Waals surface area contributed by atoms with E-state index in [0.29, 0.717) is 11.1 Å². The second kappa shape index (κ2) is 9.20. The van der Waals surface area contributed by atoms with Crippen LogP contribution in [0.2, 0.25) is 0 Å². The van der Waals surface area contributed by atoms with Gasteiger partial charge in [0.25, 0.3) is 11.5 Å². The van der Waals surface area contributed by atoms with Crippen LogP contribution in [-0.4, -0.2) is 23.9 Å². The number of carbonyl (C=O) groups is 1. The van der Waals surface area contributed by atoms with Crippen LogP contribution in [0.4, 0.5) is 4.39 Å². The molecule has 2 aromatic carbocycles. The molecule has 9 nitrogen and oxygen atoms in total. The van der Waals surface area contributed by atoms with Gasteiger partial charge >= 0.3 is 0 Å². The van der Waals surface area contributed by atoms with Gasteiger partial charge in [0, 0.05) is 20.1 Å². The van der Waals surface area contributed by atoms with Crippen LogP contribution in [0.5, 0.6) is 0 Å². The van der Waals surface area contributed by atoms with Crippen LogP contribution >= 0.6 is 0 Å². The van der Waals surface area contributed by atoms with Gasteiger partial charge in [0.1, 0.15) is 23.3 Å². The van der Waals surface area contributed by atoms with Gasteiger partial charge in [0.2, 0.25) is 15.7 Å². The maximum absolute atomic E-state index is 13.3. The average molecular weight is 485 g/mol. The Kier molecular flexibility index (Phi) is 6.31. The van der Waals surface area contributed by atoms with E-state index in [1.54, 1.807) is 25.1 Å². The number of aryl methyl sites for hydroxylation is 2. The Balaban J connectivity index is 1.49. The Labute approximate surface area is 194 Å². The van der Waals surface area contributed by atoms with Gasteiger partial charge in [-0.15, -0.1) is 0 Å². The zero-order valence-electron chi connectivity index (χ0n) is 18.3. The van der Waals surface area contributed by atoms with Gasteiger partial charge in [-0.3, -0.25) is 9.59 Å². The van der Waals surface area contributed by atoms with Crippen molar-refractivity contribution in [2.24, 2.45) is 7.05 Å². The lowest BCUT2D eigenvalue weighted by Gasteiger charge is -2.10. The van der Waals surface area contributed by atoms with E-state index in [9.17, 15) is 22.4 Å². The largest absolute Gasteiger partial charge is 0.442 e. The molecular weight excluding hydrogens is 463 g/mol. The van der Waals surface area contributed by atoms with E-state index in [4.69, 9.17) is 4.42 Å². The van der Waals surface area contributed by atoms with Crippen LogP contribution in [0.3, 0.4) is 0 Å². The summed E-state index contributed by atoms with van der Waals surface area (Å²) in [6.07, 6.45) is 1.31. The summed E-state index contributed by atoms with van der Waals surface area (Å²) in [5.74, 6) is -0.747. The molecule has 1 amide bonds. The molecule has 0 radical (unpaired) electrons. The third-order valence-electron chi connectivity index (χ3n) is 5.19. The van der Waals surface area contributed by atoms with Crippen molar-refractivity contribution in [3.8, 4) is 0 Å². The summed E-state index contributed by atoms with van der Waals surface area (Å²) in [6, 6.07) is 11.7. The molecule has 0 aliphatic rings. The van der Waals surface area contributed by atoms with Gasteiger partial charge < -0.3 is 14.3 Å². The fourth-order valence-corrected chi connectivity index (χ4v) is 4.55. The number of amides is 1. The van der Waals surface area contributed by atoms with Gasteiger partial charge in [0.05, 0.1) is 10.5 Å². The first-order valence-corrected chi connectivity index (χ1v) is 11.7. The molecule has 4 rings (SSSR count). The van der Waals surface area contributed by atoms with E-state index in [1.807, 2.05) is 0 Å². The molecule has 0 bridgehead atoms. The molecule has 0 saturated heterocycles. The van der Waals surface area contributed by atoms with Gasteiger partial charge in [0.15, 0.2) is 0 Å². The van der Waals surface area contributed by atoms with Crippen molar-refractivity contribution in [2.75, 3.05) is 0 Å². The first-order valence-electron chi connectivity index (χ1n) is 10.2. The molecule has 2 aromatic heterocycles. The number of halogens is 1. The Hall–Kier alpha value is -3.83. The highest BCUT2D eigenvalue weighted by Crippen LogP contribution is 2.21. The SMILES string of the molecule is Cc1oc2ncn(C)c(=O)c2c1C(=O)NCc1cccc(S(=O)(=O)NCc2cccc(F)c2)c1. The summed E-state index contributed by atoms with van der Waals surface area (Å²) in [5, 5.41) is 2.77. The third kappa shape index (κ3) is 4.75. The first-order chi connectivity index (χ1) is 16.2. The molecule has 11 heteroatoms. The Morgan fingerprint density at radius 2 is 1.82 bits per heavy atom. The summed E-state index contributed by atoms with van der Waals surface area (Å²) in [6.45, 7) is 1.50. The number of carbonyl (C=O) groups excluding carboxylic acids is 1. The van der Waals surface area contributed by atoms with Crippen molar-refractivity contribution >= 4 is 27.0 Å². The highest BCUT2D eigenvalue weighted by molar-refractivity contribution is 7.89. The summed E-state index contributed by atoms with van der Waals surface area (Å²) >= 11 is 0. The summed E-state index contributed by atoms with van der Waals surface area (Å²) in [7, 11) is -2.35. The number of nitrogens with zero attached hydrogens (tertiary/aromatic N) is 2. The van der Waals surface area contributed by atoms with E-state index in [2.05, 4.69) is 15.0 Å². The highest BCUT2D eigenvalue weighted by atomic mass is 32.2. The Morgan fingerprint density at radius 3 is 2.56 bits per heavy atom. The monoisotopic (exact) mass is 484 g/mol. The zero-order chi connectivity index (χ0) is 24.5. The van der Waals surface area contributed by atoms with Crippen molar-refractivity contribution in [3.05, 3.63) is 93.5 Å². The molecule has 4 aromatic rings. The van der Waals surface area contributed by atoms with Crippen molar-refractivity contribution in [1.29, 1.82) is 0 Å². The number of rotatable bonds is 7. The van der Waals surface area contributed by atoms with Gasteiger partial charge in [-0.05, 0) is 42.3 Å². The molecule has 2 heterocycles. The van der Waals surface area contributed by atoms with Crippen LogP contribution in [0, 0.1) is 12.7 Å². The van der Waals surface area contributed by atoms with E-state index in [-0.39, 0.29) is 40.4 Å². The minimum atomic E-state index is -3.87. The van der Waals surface area contributed by atoms with Crippen molar-refractivity contribution < 1.29 is 22.0 Å². The molecule has 0 aliphatic carbocycles. The van der Waals surface area contributed by atoms with Crippen molar-refractivity contribution in [2.45, 2.75) is 24.9 Å². The van der Waals surface area contributed by atoms with E-state index in [1.165, 1.54) is 48.3 Å². The number of hydrogen-bond donors (Lipinski definition) is 2. The Bertz CT molecular complexity index is 1560. The van der Waals surface area contributed by atoms with Crippen molar-refractivity contribution in [3.63, 3.8) is 0 Å². The smallest absolute Gasteiger partial charge is 0.265 e. The number of furan rings is 1. The molecule has 0 spiro atoms. The van der Waals surface area contributed by atoms with Crippen molar-refractivity contribution in [1.82, 2.24) is 19.6 Å². The maximum atomic E-state index is 13.3. The first kappa shape index (κ1) is 23.3. The minimum absolute atomic E-state index is 0.00124. The number of nitrogens with one attached hydrogen (secondary N) is 2. The second-order valence-electron chi connectivity index (χ2n) is 7.66. The lowest BCUT2D eigenvalue weighted by Crippen LogP contribution is -2.26. The second-order valence-corrected chi connectivity index (χ2v) is 9.43. The highest BCUT2D eigenvalue weighted by Gasteiger charge is 2.22. The van der Waals surface area contributed by atoms with E-state index < -0.39 is 27.3 Å². The van der Waals surface area contributed by atoms with Crippen LogP contribution in [0.25, 0.3) is 11.1 Å². The van der Waals surface area contributed by atoms with Gasteiger partial charge in [-0.1, -0.05) is 24.3 Å². The molecular formula is C23H21FN4O5S. The maximum Gasteiger partial charge on any atom is 0.265 e. The lowest BCUT2D eigenvalue weighted by atomic mass is 10.1. The molecule has 176 valence electrons. The molecule has 0 saturated carbocycles. The van der Waals surface area contributed by atoms with Crippen LogP contribution < -0.4 is 15.6 Å². The predicted octanol–water partition coefficient (Wildman–Crippen LogP) is 2.38. The van der Waals surface area contributed by atoms with Gasteiger partial charge in [-0.25, -0.2) is 22.5 Å². The molecule has 0 atom stereocenters. The van der Waals surface area contributed by atoms with E-state index in [0.717, 1.165) is 0 Å². The molecule has 0 fully saturated rings. The topological polar surface area (TPSA) is 123 Å². The number of hydrogen-bond acceptors (Lipinski definition) is 6.